The third-order valence-corrected chi connectivity index (χ3v) is 6.10. The zero-order chi connectivity index (χ0) is 19.0. The Morgan fingerprint density at radius 3 is 2.41 bits per heavy atom. The van der Waals surface area contributed by atoms with E-state index in [2.05, 4.69) is 15.9 Å². The summed E-state index contributed by atoms with van der Waals surface area (Å²) in [4.78, 5) is 30.7. The molecule has 3 aromatic rings. The normalized spacial score (nSPS) is 17.5. The average Bonchev–Trinajstić information content (AvgIpc) is 3.19. The summed E-state index contributed by atoms with van der Waals surface area (Å²) in [6.07, 6.45) is 0. The van der Waals surface area contributed by atoms with E-state index in [0.29, 0.717) is 0 Å². The summed E-state index contributed by atoms with van der Waals surface area (Å²) in [5.41, 5.74) is 2.48. The molecule has 136 valence electrons. The second-order valence-corrected chi connectivity index (χ2v) is 8.26. The Morgan fingerprint density at radius 1 is 1.00 bits per heavy atom. The van der Waals surface area contributed by atoms with Gasteiger partial charge in [0.25, 0.3) is 5.91 Å². The Balaban J connectivity index is 1.80. The number of piperazine rings is 1. The minimum atomic E-state index is -0.660. The SMILES string of the molecule is Cc1ccccc1N1CC(=O)N(c2ccc(Br)cc2)[C@@H](c2cccs2)C1=O. The van der Waals surface area contributed by atoms with E-state index in [-0.39, 0.29) is 18.4 Å². The second-order valence-electron chi connectivity index (χ2n) is 6.37. The molecule has 4 nitrogen and oxygen atoms in total. The standard InChI is InChI=1S/C21H17BrN2O2S/c1-14-5-2-3-6-17(14)23-13-19(25)24(16-10-8-15(22)9-11-16)20(21(23)26)18-7-4-12-27-18/h2-12,20H,13H2,1H3/t20-/m0/s1. The highest BCUT2D eigenvalue weighted by Crippen LogP contribution is 2.37. The van der Waals surface area contributed by atoms with Crippen LogP contribution in [0.25, 0.3) is 0 Å². The lowest BCUT2D eigenvalue weighted by Crippen LogP contribution is -2.56. The number of amides is 2. The first-order chi connectivity index (χ1) is 13.1. The van der Waals surface area contributed by atoms with E-state index >= 15 is 0 Å². The number of halogens is 1. The van der Waals surface area contributed by atoms with Gasteiger partial charge >= 0.3 is 0 Å². The number of rotatable bonds is 3. The number of benzene rings is 2. The summed E-state index contributed by atoms with van der Waals surface area (Å²) < 4.78 is 0.927. The molecule has 2 amide bonds. The van der Waals surface area contributed by atoms with Gasteiger partial charge in [-0.25, -0.2) is 0 Å². The van der Waals surface area contributed by atoms with Crippen LogP contribution < -0.4 is 9.80 Å². The minimum Gasteiger partial charge on any atom is -0.301 e. The van der Waals surface area contributed by atoms with E-state index in [0.717, 1.165) is 26.3 Å². The van der Waals surface area contributed by atoms with Crippen molar-refractivity contribution in [1.82, 2.24) is 0 Å². The third kappa shape index (κ3) is 3.31. The molecule has 0 spiro atoms. The summed E-state index contributed by atoms with van der Waals surface area (Å²) in [6, 6.07) is 18.3. The molecule has 0 unspecified atom stereocenters. The van der Waals surface area contributed by atoms with Crippen molar-refractivity contribution in [3.63, 3.8) is 0 Å². The maximum Gasteiger partial charge on any atom is 0.256 e. The summed E-state index contributed by atoms with van der Waals surface area (Å²) >= 11 is 4.91. The first-order valence-electron chi connectivity index (χ1n) is 8.54. The van der Waals surface area contributed by atoms with Gasteiger partial charge in [-0.2, -0.15) is 0 Å². The maximum absolute atomic E-state index is 13.5. The van der Waals surface area contributed by atoms with Gasteiger partial charge in [0.2, 0.25) is 5.91 Å². The fourth-order valence-corrected chi connectivity index (χ4v) is 4.42. The predicted molar refractivity (Wildman–Crippen MR) is 112 cm³/mol. The summed E-state index contributed by atoms with van der Waals surface area (Å²) in [5.74, 6) is -0.187. The quantitative estimate of drug-likeness (QED) is 0.578. The third-order valence-electron chi connectivity index (χ3n) is 4.64. The molecule has 4 rings (SSSR count). The minimum absolute atomic E-state index is 0.0294. The number of hydrogen-bond acceptors (Lipinski definition) is 3. The molecule has 27 heavy (non-hydrogen) atoms. The Morgan fingerprint density at radius 2 is 1.74 bits per heavy atom. The monoisotopic (exact) mass is 440 g/mol. The van der Waals surface area contributed by atoms with Crippen molar-refractivity contribution in [2.45, 2.75) is 13.0 Å². The fraction of sp³-hybridized carbons (Fsp3) is 0.143. The van der Waals surface area contributed by atoms with Crippen LogP contribution in [-0.4, -0.2) is 18.4 Å². The summed E-state index contributed by atoms with van der Waals surface area (Å²) in [5, 5.41) is 1.93. The number of aryl methyl sites for hydroxylation is 1. The van der Waals surface area contributed by atoms with Gasteiger partial charge in [-0.15, -0.1) is 11.3 Å². The van der Waals surface area contributed by atoms with Crippen LogP contribution in [0.4, 0.5) is 11.4 Å². The van der Waals surface area contributed by atoms with Crippen LogP contribution in [0.3, 0.4) is 0 Å². The van der Waals surface area contributed by atoms with Crippen molar-refractivity contribution in [3.8, 4) is 0 Å². The Bertz CT molecular complexity index is 986. The van der Waals surface area contributed by atoms with Crippen LogP contribution in [0.2, 0.25) is 0 Å². The largest absolute Gasteiger partial charge is 0.301 e. The molecule has 6 heteroatoms. The molecule has 1 aromatic heterocycles. The molecule has 1 aliphatic rings. The molecular formula is C21H17BrN2O2S. The zero-order valence-corrected chi connectivity index (χ0v) is 17.0. The van der Waals surface area contributed by atoms with Gasteiger partial charge in [0.1, 0.15) is 6.54 Å². The molecule has 0 aliphatic carbocycles. The second kappa shape index (κ2) is 7.29. The maximum atomic E-state index is 13.5. The van der Waals surface area contributed by atoms with Crippen LogP contribution in [0, 0.1) is 6.92 Å². The fourth-order valence-electron chi connectivity index (χ4n) is 3.35. The smallest absolute Gasteiger partial charge is 0.256 e. The molecule has 0 N–H and O–H groups in total. The molecule has 2 heterocycles. The summed E-state index contributed by atoms with van der Waals surface area (Å²) in [6.45, 7) is 1.98. The van der Waals surface area contributed by atoms with Gasteiger partial charge in [0, 0.05) is 20.7 Å². The zero-order valence-electron chi connectivity index (χ0n) is 14.6. The number of thiophene rings is 1. The van der Waals surface area contributed by atoms with E-state index in [1.165, 1.54) is 11.3 Å². The van der Waals surface area contributed by atoms with Crippen molar-refractivity contribution in [2.24, 2.45) is 0 Å². The number of anilines is 2. The summed E-state index contributed by atoms with van der Waals surface area (Å²) in [7, 11) is 0. The average molecular weight is 441 g/mol. The Labute approximate surface area is 170 Å². The van der Waals surface area contributed by atoms with E-state index in [4.69, 9.17) is 0 Å². The molecule has 1 fully saturated rings. The molecule has 1 atom stereocenters. The highest BCUT2D eigenvalue weighted by molar-refractivity contribution is 9.10. The van der Waals surface area contributed by atoms with Gasteiger partial charge in [-0.1, -0.05) is 40.2 Å². The van der Waals surface area contributed by atoms with Crippen LogP contribution in [0.5, 0.6) is 0 Å². The number of carbonyl (C=O) groups excluding carboxylic acids is 2. The van der Waals surface area contributed by atoms with E-state index < -0.39 is 6.04 Å². The number of para-hydroxylation sites is 1. The van der Waals surface area contributed by atoms with Gasteiger partial charge in [0.05, 0.1) is 0 Å². The number of hydrogen-bond donors (Lipinski definition) is 0. The first-order valence-corrected chi connectivity index (χ1v) is 10.2. The van der Waals surface area contributed by atoms with Crippen LogP contribution in [0.15, 0.2) is 70.5 Å². The van der Waals surface area contributed by atoms with Crippen molar-refractivity contribution < 1.29 is 9.59 Å². The van der Waals surface area contributed by atoms with Gasteiger partial charge < -0.3 is 4.90 Å². The molecule has 0 bridgehead atoms. The molecule has 0 radical (unpaired) electrons. The van der Waals surface area contributed by atoms with E-state index in [9.17, 15) is 9.59 Å². The lowest BCUT2D eigenvalue weighted by atomic mass is 10.0. The van der Waals surface area contributed by atoms with E-state index in [1.54, 1.807) is 9.80 Å². The lowest BCUT2D eigenvalue weighted by Gasteiger charge is -2.40. The number of nitrogens with zero attached hydrogens (tertiary/aromatic N) is 2. The van der Waals surface area contributed by atoms with Gasteiger partial charge in [-0.05, 0) is 54.3 Å². The Hall–Kier alpha value is -2.44. The first kappa shape index (κ1) is 17.9. The van der Waals surface area contributed by atoms with Crippen molar-refractivity contribution in [3.05, 3.63) is 81.0 Å². The molecule has 1 aliphatic heterocycles. The molecular weight excluding hydrogens is 424 g/mol. The van der Waals surface area contributed by atoms with Crippen molar-refractivity contribution in [1.29, 1.82) is 0 Å². The number of carbonyl (C=O) groups is 2. The highest BCUT2D eigenvalue weighted by Gasteiger charge is 2.42. The predicted octanol–water partition coefficient (Wildman–Crippen LogP) is 4.94. The van der Waals surface area contributed by atoms with Crippen molar-refractivity contribution in [2.75, 3.05) is 16.3 Å². The Kier molecular flexibility index (Phi) is 4.85. The molecule has 2 aromatic carbocycles. The van der Waals surface area contributed by atoms with E-state index in [1.807, 2.05) is 73.0 Å². The molecule has 0 saturated carbocycles. The lowest BCUT2D eigenvalue weighted by molar-refractivity contribution is -0.128. The highest BCUT2D eigenvalue weighted by atomic mass is 79.9. The van der Waals surface area contributed by atoms with Crippen LogP contribution >= 0.6 is 27.3 Å². The van der Waals surface area contributed by atoms with Crippen LogP contribution in [-0.2, 0) is 9.59 Å². The van der Waals surface area contributed by atoms with Crippen molar-refractivity contribution >= 4 is 50.5 Å². The molecule has 1 saturated heterocycles. The van der Waals surface area contributed by atoms with Gasteiger partial charge in [0.15, 0.2) is 6.04 Å². The van der Waals surface area contributed by atoms with Gasteiger partial charge in [-0.3, -0.25) is 14.5 Å². The topological polar surface area (TPSA) is 40.6 Å². The van der Waals surface area contributed by atoms with Crippen LogP contribution in [0.1, 0.15) is 16.5 Å².